The summed E-state index contributed by atoms with van der Waals surface area (Å²) >= 11 is 0. The maximum atomic E-state index is 5.81. The SMILES string of the molecule is CCCC=COC(CC)N(CCC)CCC. The average Bonchev–Trinajstić information content (AvgIpc) is 2.29. The third kappa shape index (κ3) is 6.89. The van der Waals surface area contributed by atoms with Crippen LogP contribution in [0.2, 0.25) is 0 Å². The zero-order valence-electron chi connectivity index (χ0n) is 11.5. The van der Waals surface area contributed by atoms with Gasteiger partial charge in [0.15, 0.2) is 6.23 Å². The zero-order valence-corrected chi connectivity index (χ0v) is 11.5. The quantitative estimate of drug-likeness (QED) is 0.410. The standard InChI is InChI=1S/C14H29NO/c1-5-9-10-13-16-14(8-4)15(11-6-2)12-7-3/h10,13-14H,5-9,11-12H2,1-4H3. The number of hydrogen-bond acceptors (Lipinski definition) is 2. The Morgan fingerprint density at radius 3 is 2.06 bits per heavy atom. The first-order chi connectivity index (χ1) is 7.79. The number of allylic oxidation sites excluding steroid dienone is 1. The van der Waals surface area contributed by atoms with Gasteiger partial charge in [-0.1, -0.05) is 34.1 Å². The highest BCUT2D eigenvalue weighted by molar-refractivity contribution is 4.74. The molecule has 1 unspecified atom stereocenters. The van der Waals surface area contributed by atoms with Gasteiger partial charge in [-0.2, -0.15) is 0 Å². The number of ether oxygens (including phenoxy) is 1. The third-order valence-corrected chi connectivity index (χ3v) is 2.57. The second-order valence-corrected chi connectivity index (χ2v) is 4.20. The van der Waals surface area contributed by atoms with E-state index in [1.807, 2.05) is 6.26 Å². The topological polar surface area (TPSA) is 12.5 Å². The molecule has 0 aliphatic heterocycles. The maximum absolute atomic E-state index is 5.81. The van der Waals surface area contributed by atoms with Crippen LogP contribution in [0, 0.1) is 0 Å². The van der Waals surface area contributed by atoms with Gasteiger partial charge in [0.05, 0.1) is 6.26 Å². The average molecular weight is 227 g/mol. The molecule has 1 atom stereocenters. The summed E-state index contributed by atoms with van der Waals surface area (Å²) in [4.78, 5) is 2.44. The molecule has 0 spiro atoms. The summed E-state index contributed by atoms with van der Waals surface area (Å²) in [6.07, 6.45) is 10.00. The van der Waals surface area contributed by atoms with E-state index in [0.29, 0.717) is 0 Å². The molecule has 0 amide bonds. The summed E-state index contributed by atoms with van der Waals surface area (Å²) in [5, 5.41) is 0. The van der Waals surface area contributed by atoms with Gasteiger partial charge in [0.2, 0.25) is 0 Å². The monoisotopic (exact) mass is 227 g/mol. The Hall–Kier alpha value is -0.500. The molecule has 2 heteroatoms. The van der Waals surface area contributed by atoms with Crippen LogP contribution >= 0.6 is 0 Å². The first-order valence-corrected chi connectivity index (χ1v) is 6.84. The minimum atomic E-state index is 0.257. The van der Waals surface area contributed by atoms with E-state index in [2.05, 4.69) is 38.7 Å². The second kappa shape index (κ2) is 11.0. The number of unbranched alkanes of at least 4 members (excludes halogenated alkanes) is 1. The molecule has 0 aromatic rings. The molecule has 0 saturated heterocycles. The minimum Gasteiger partial charge on any atom is -0.483 e. The molecule has 96 valence electrons. The fourth-order valence-electron chi connectivity index (χ4n) is 1.80. The third-order valence-electron chi connectivity index (χ3n) is 2.57. The predicted octanol–water partition coefficient (Wildman–Crippen LogP) is 4.17. The van der Waals surface area contributed by atoms with Crippen molar-refractivity contribution in [1.29, 1.82) is 0 Å². The Kier molecular flexibility index (Phi) is 10.7. The maximum Gasteiger partial charge on any atom is 0.151 e. The lowest BCUT2D eigenvalue weighted by atomic mass is 10.3. The summed E-state index contributed by atoms with van der Waals surface area (Å²) in [6.45, 7) is 11.1. The fraction of sp³-hybridized carbons (Fsp3) is 0.857. The van der Waals surface area contributed by atoms with Crippen molar-refractivity contribution in [2.75, 3.05) is 13.1 Å². The van der Waals surface area contributed by atoms with Gasteiger partial charge in [0.1, 0.15) is 0 Å². The molecular weight excluding hydrogens is 198 g/mol. The molecule has 2 nitrogen and oxygen atoms in total. The minimum absolute atomic E-state index is 0.257. The van der Waals surface area contributed by atoms with Crippen molar-refractivity contribution in [2.24, 2.45) is 0 Å². The second-order valence-electron chi connectivity index (χ2n) is 4.20. The van der Waals surface area contributed by atoms with Crippen LogP contribution in [0.25, 0.3) is 0 Å². The summed E-state index contributed by atoms with van der Waals surface area (Å²) in [5.41, 5.74) is 0. The highest BCUT2D eigenvalue weighted by atomic mass is 16.5. The molecule has 0 fully saturated rings. The van der Waals surface area contributed by atoms with E-state index in [4.69, 9.17) is 4.74 Å². The summed E-state index contributed by atoms with van der Waals surface area (Å²) in [6, 6.07) is 0. The lowest BCUT2D eigenvalue weighted by Crippen LogP contribution is -2.37. The van der Waals surface area contributed by atoms with Gasteiger partial charge >= 0.3 is 0 Å². The van der Waals surface area contributed by atoms with Gasteiger partial charge < -0.3 is 4.74 Å². The van der Waals surface area contributed by atoms with E-state index in [0.717, 1.165) is 25.9 Å². The Morgan fingerprint density at radius 1 is 1.00 bits per heavy atom. The van der Waals surface area contributed by atoms with Crippen molar-refractivity contribution in [3.8, 4) is 0 Å². The molecule has 0 bridgehead atoms. The largest absolute Gasteiger partial charge is 0.483 e. The molecule has 0 aromatic carbocycles. The molecule has 0 rings (SSSR count). The fourth-order valence-corrected chi connectivity index (χ4v) is 1.80. The van der Waals surface area contributed by atoms with E-state index < -0.39 is 0 Å². The van der Waals surface area contributed by atoms with Gasteiger partial charge in [0, 0.05) is 13.1 Å². The van der Waals surface area contributed by atoms with Crippen LogP contribution in [-0.4, -0.2) is 24.2 Å². The molecular formula is C14H29NO. The van der Waals surface area contributed by atoms with Crippen LogP contribution in [0.4, 0.5) is 0 Å². The Balaban J connectivity index is 4.08. The summed E-state index contributed by atoms with van der Waals surface area (Å²) in [7, 11) is 0. The first-order valence-electron chi connectivity index (χ1n) is 6.84. The normalized spacial score (nSPS) is 13.6. The van der Waals surface area contributed by atoms with Gasteiger partial charge in [0.25, 0.3) is 0 Å². The van der Waals surface area contributed by atoms with Crippen molar-refractivity contribution < 1.29 is 4.74 Å². The highest BCUT2D eigenvalue weighted by Gasteiger charge is 2.14. The Morgan fingerprint density at radius 2 is 1.62 bits per heavy atom. The summed E-state index contributed by atoms with van der Waals surface area (Å²) < 4.78 is 5.81. The van der Waals surface area contributed by atoms with Crippen molar-refractivity contribution in [2.45, 2.75) is 66.0 Å². The molecule has 0 aromatic heterocycles. The lowest BCUT2D eigenvalue weighted by molar-refractivity contribution is -0.0114. The van der Waals surface area contributed by atoms with Gasteiger partial charge in [-0.3, -0.25) is 4.90 Å². The van der Waals surface area contributed by atoms with Crippen LogP contribution in [-0.2, 0) is 4.74 Å². The number of hydrogen-bond donors (Lipinski definition) is 0. The Labute approximate surface area is 102 Å². The van der Waals surface area contributed by atoms with Gasteiger partial charge in [-0.25, -0.2) is 0 Å². The van der Waals surface area contributed by atoms with Crippen LogP contribution in [0.1, 0.15) is 59.8 Å². The molecule has 0 aliphatic rings. The van der Waals surface area contributed by atoms with Crippen molar-refractivity contribution in [3.63, 3.8) is 0 Å². The van der Waals surface area contributed by atoms with Crippen LogP contribution in [0.5, 0.6) is 0 Å². The summed E-state index contributed by atoms with van der Waals surface area (Å²) in [5.74, 6) is 0. The molecule has 16 heavy (non-hydrogen) atoms. The van der Waals surface area contributed by atoms with Gasteiger partial charge in [-0.15, -0.1) is 0 Å². The Bertz CT molecular complexity index is 162. The van der Waals surface area contributed by atoms with Crippen molar-refractivity contribution in [3.05, 3.63) is 12.3 Å². The molecule has 0 N–H and O–H groups in total. The van der Waals surface area contributed by atoms with Crippen LogP contribution in [0.3, 0.4) is 0 Å². The lowest BCUT2D eigenvalue weighted by Gasteiger charge is -2.29. The smallest absolute Gasteiger partial charge is 0.151 e. The first kappa shape index (κ1) is 15.5. The van der Waals surface area contributed by atoms with Crippen molar-refractivity contribution in [1.82, 2.24) is 4.90 Å². The molecule has 0 saturated carbocycles. The predicted molar refractivity (Wildman–Crippen MR) is 71.4 cm³/mol. The highest BCUT2D eigenvalue weighted by Crippen LogP contribution is 2.09. The van der Waals surface area contributed by atoms with E-state index in [9.17, 15) is 0 Å². The van der Waals surface area contributed by atoms with E-state index in [1.54, 1.807) is 0 Å². The molecule has 0 aliphatic carbocycles. The van der Waals surface area contributed by atoms with E-state index in [1.165, 1.54) is 19.3 Å². The number of rotatable bonds is 10. The molecule has 0 heterocycles. The van der Waals surface area contributed by atoms with Crippen LogP contribution < -0.4 is 0 Å². The van der Waals surface area contributed by atoms with Crippen molar-refractivity contribution >= 4 is 0 Å². The zero-order chi connectivity index (χ0) is 12.2. The van der Waals surface area contributed by atoms with Gasteiger partial charge in [-0.05, 0) is 31.8 Å². The van der Waals surface area contributed by atoms with Crippen LogP contribution in [0.15, 0.2) is 12.3 Å². The molecule has 0 radical (unpaired) electrons. The van der Waals surface area contributed by atoms with E-state index in [-0.39, 0.29) is 6.23 Å². The van der Waals surface area contributed by atoms with E-state index >= 15 is 0 Å². The number of nitrogens with zero attached hydrogens (tertiary/aromatic N) is 1.